The molecule has 0 amide bonds. The van der Waals surface area contributed by atoms with Crippen LogP contribution in [-0.4, -0.2) is 43.3 Å². The summed E-state index contributed by atoms with van der Waals surface area (Å²) in [6.07, 6.45) is 0. The molecule has 0 aromatic rings. The molecule has 0 radical (unpaired) electrons. The molecule has 4 heteroatoms. The van der Waals surface area contributed by atoms with E-state index in [2.05, 4.69) is 0 Å². The monoisotopic (exact) mass is 329 g/mol. The molecule has 1 atom stereocenters. The third-order valence-electron chi connectivity index (χ3n) is 1.00. The zero-order chi connectivity index (χ0) is 6.73. The fourth-order valence-electron chi connectivity index (χ4n) is 0.285. The molecule has 0 aliphatic heterocycles. The number of hydrogen-bond donors (Lipinski definition) is 2. The Balaban J connectivity index is 0. The van der Waals surface area contributed by atoms with E-state index in [0.717, 1.165) is 0 Å². The summed E-state index contributed by atoms with van der Waals surface area (Å²) in [5.74, 6) is -0.910. The van der Waals surface area contributed by atoms with Crippen LogP contribution >= 0.6 is 0 Å². The predicted octanol–water partition coefficient (Wildman–Crippen LogP) is -1.13. The fraction of sp³-hybridized carbons (Fsp3) is 0.800. The van der Waals surface area contributed by atoms with Gasteiger partial charge in [-0.25, -0.2) is 0 Å². The van der Waals surface area contributed by atoms with Crippen LogP contribution < -0.4 is 5.73 Å². The number of hydrogen-bond acceptors (Lipinski definition) is 2. The van der Waals surface area contributed by atoms with Crippen molar-refractivity contribution in [3.63, 3.8) is 0 Å². The van der Waals surface area contributed by atoms with Gasteiger partial charge in [0.05, 0.1) is 0 Å². The molecule has 0 spiro atoms. The van der Waals surface area contributed by atoms with Gasteiger partial charge in [0, 0.05) is 0 Å². The first-order valence-corrected chi connectivity index (χ1v) is 2.54. The third-order valence-corrected chi connectivity index (χ3v) is 1.00. The summed E-state index contributed by atoms with van der Waals surface area (Å²) in [6.45, 7) is 3.55. The standard InChI is InChI=1S/C5H11NO2.Bi.3H/c1-3(2)4(6)5(7)8;;;;/h3-4H,6H2,1-2H3,(H,7,8);;;;/t4-;;;;/m0..../s1. The average molecular weight is 329 g/mol. The van der Waals surface area contributed by atoms with Gasteiger partial charge in [-0.15, -0.1) is 0 Å². The van der Waals surface area contributed by atoms with Crippen molar-refractivity contribution in [1.82, 2.24) is 0 Å². The fourth-order valence-corrected chi connectivity index (χ4v) is 0.285. The zero-order valence-electron chi connectivity index (χ0n) is 5.79. The third kappa shape index (κ3) is 4.79. The molecule has 0 saturated heterocycles. The second kappa shape index (κ2) is 5.13. The van der Waals surface area contributed by atoms with Gasteiger partial charge in [-0.3, -0.25) is 4.79 Å². The number of nitrogens with two attached hydrogens (primary N) is 1. The van der Waals surface area contributed by atoms with E-state index in [4.69, 9.17) is 10.8 Å². The Kier molecular flexibility index (Phi) is 6.85. The summed E-state index contributed by atoms with van der Waals surface area (Å²) in [6, 6.07) is -0.713. The molecule has 3 N–H and O–H groups in total. The molecule has 0 rings (SSSR count). The molecule has 0 saturated carbocycles. The van der Waals surface area contributed by atoms with Gasteiger partial charge in [-0.2, -0.15) is 0 Å². The van der Waals surface area contributed by atoms with Crippen molar-refractivity contribution < 1.29 is 9.90 Å². The van der Waals surface area contributed by atoms with Crippen molar-refractivity contribution in [2.45, 2.75) is 19.9 Å². The first kappa shape index (κ1) is 12.0. The van der Waals surface area contributed by atoms with E-state index in [0.29, 0.717) is 0 Å². The van der Waals surface area contributed by atoms with E-state index >= 15 is 0 Å². The van der Waals surface area contributed by atoms with Gasteiger partial charge in [0.15, 0.2) is 0 Å². The topological polar surface area (TPSA) is 63.3 Å². The second-order valence-corrected chi connectivity index (χ2v) is 2.11. The SMILES string of the molecule is CC(C)[C@H](N)C(=O)O.[BiH3]. The predicted molar refractivity (Wildman–Crippen MR) is 40.4 cm³/mol. The normalized spacial score (nSPS) is 12.4. The van der Waals surface area contributed by atoms with Gasteiger partial charge in [0.1, 0.15) is 6.04 Å². The van der Waals surface area contributed by atoms with Crippen LogP contribution in [-0.2, 0) is 4.79 Å². The summed E-state index contributed by atoms with van der Waals surface area (Å²) in [7, 11) is 0. The molecule has 0 aromatic heterocycles. The van der Waals surface area contributed by atoms with Gasteiger partial charge in [-0.05, 0) is 5.92 Å². The molecule has 0 aromatic carbocycles. The van der Waals surface area contributed by atoms with Crippen LogP contribution in [0, 0.1) is 5.92 Å². The quantitative estimate of drug-likeness (QED) is 0.631. The minimum absolute atomic E-state index is 0. The molecule has 56 valence electrons. The van der Waals surface area contributed by atoms with Crippen molar-refractivity contribution >= 4 is 32.2 Å². The van der Waals surface area contributed by atoms with E-state index in [1.54, 1.807) is 13.8 Å². The van der Waals surface area contributed by atoms with Crippen LogP contribution in [0.4, 0.5) is 0 Å². The van der Waals surface area contributed by atoms with E-state index in [9.17, 15) is 4.79 Å². The Bertz CT molecular complexity index is 95.0. The van der Waals surface area contributed by atoms with Crippen LogP contribution in [0.3, 0.4) is 0 Å². The Morgan fingerprint density at radius 1 is 1.56 bits per heavy atom. The van der Waals surface area contributed by atoms with Crippen molar-refractivity contribution in [2.75, 3.05) is 0 Å². The molecule has 0 aliphatic carbocycles. The zero-order valence-corrected chi connectivity index (χ0v) is 11.3. The van der Waals surface area contributed by atoms with Crippen LogP contribution in [0.25, 0.3) is 0 Å². The average Bonchev–Trinajstić information content (AvgIpc) is 1.64. The summed E-state index contributed by atoms with van der Waals surface area (Å²) in [5, 5.41) is 8.23. The van der Waals surface area contributed by atoms with Crippen LogP contribution in [0.2, 0.25) is 0 Å². The summed E-state index contributed by atoms with van der Waals surface area (Å²) in [5.41, 5.74) is 5.16. The van der Waals surface area contributed by atoms with Gasteiger partial charge >= 0.3 is 32.2 Å². The van der Waals surface area contributed by atoms with Crippen molar-refractivity contribution in [3.05, 3.63) is 0 Å². The van der Waals surface area contributed by atoms with E-state index in [1.165, 1.54) is 0 Å². The minimum atomic E-state index is -0.931. The molecular weight excluding hydrogens is 315 g/mol. The van der Waals surface area contributed by atoms with Gasteiger partial charge in [0.25, 0.3) is 0 Å². The Labute approximate surface area is 73.7 Å². The Morgan fingerprint density at radius 3 is 1.89 bits per heavy atom. The number of aliphatic carboxylic acids is 1. The van der Waals surface area contributed by atoms with Crippen LogP contribution in [0.15, 0.2) is 0 Å². The van der Waals surface area contributed by atoms with Crippen molar-refractivity contribution in [3.8, 4) is 0 Å². The van der Waals surface area contributed by atoms with Gasteiger partial charge < -0.3 is 10.8 Å². The van der Waals surface area contributed by atoms with Crippen LogP contribution in [0.5, 0.6) is 0 Å². The number of carboxylic acid groups (broad SMARTS) is 1. The van der Waals surface area contributed by atoms with Crippen LogP contribution in [0.1, 0.15) is 13.8 Å². The summed E-state index contributed by atoms with van der Waals surface area (Å²) >= 11 is 0. The number of carboxylic acids is 1. The van der Waals surface area contributed by atoms with E-state index < -0.39 is 12.0 Å². The molecule has 9 heavy (non-hydrogen) atoms. The van der Waals surface area contributed by atoms with E-state index in [-0.39, 0.29) is 32.1 Å². The maximum absolute atomic E-state index is 10.0. The number of rotatable bonds is 2. The first-order valence-electron chi connectivity index (χ1n) is 2.54. The Morgan fingerprint density at radius 2 is 1.89 bits per heavy atom. The molecular formula is C5H14BiNO2. The number of carbonyl (C=O) groups is 1. The molecule has 0 heterocycles. The van der Waals surface area contributed by atoms with Crippen molar-refractivity contribution in [1.29, 1.82) is 0 Å². The summed E-state index contributed by atoms with van der Waals surface area (Å²) in [4.78, 5) is 10.0. The van der Waals surface area contributed by atoms with Gasteiger partial charge in [0.2, 0.25) is 0 Å². The molecule has 0 fully saturated rings. The Hall–Kier alpha value is 0.313. The maximum atomic E-state index is 10.0. The molecule has 0 bridgehead atoms. The van der Waals surface area contributed by atoms with Gasteiger partial charge in [-0.1, -0.05) is 13.8 Å². The van der Waals surface area contributed by atoms with Crippen molar-refractivity contribution in [2.24, 2.45) is 11.7 Å². The molecule has 0 aliphatic rings. The van der Waals surface area contributed by atoms with E-state index in [1.807, 2.05) is 0 Å². The second-order valence-electron chi connectivity index (χ2n) is 2.11. The molecule has 0 unspecified atom stereocenters. The summed E-state index contributed by atoms with van der Waals surface area (Å²) < 4.78 is 0. The molecule has 3 nitrogen and oxygen atoms in total. The first-order chi connectivity index (χ1) is 3.55.